The van der Waals surface area contributed by atoms with Gasteiger partial charge < -0.3 is 0 Å². The van der Waals surface area contributed by atoms with Crippen LogP contribution in [0.25, 0.3) is 0 Å². The maximum Gasteiger partial charge on any atom is 0.296 e. The summed E-state index contributed by atoms with van der Waals surface area (Å²) < 4.78 is 27.6. The average molecular weight is 214 g/mol. The van der Waals surface area contributed by atoms with Gasteiger partial charge in [0.1, 0.15) is 0 Å². The number of hydrogen-bond donors (Lipinski definition) is 0. The topological polar surface area (TPSA) is 43.4 Å². The van der Waals surface area contributed by atoms with Gasteiger partial charge in [0.2, 0.25) is 0 Å². The zero-order valence-electron chi connectivity index (χ0n) is 8.57. The number of aryl methyl sites for hydroxylation is 2. The van der Waals surface area contributed by atoms with E-state index in [2.05, 4.69) is 4.18 Å². The summed E-state index contributed by atoms with van der Waals surface area (Å²) in [6.45, 7) is 5.63. The summed E-state index contributed by atoms with van der Waals surface area (Å²) in [5, 5.41) is 0. The molecule has 0 atom stereocenters. The quantitative estimate of drug-likeness (QED) is 0.723. The zero-order chi connectivity index (χ0) is 10.8. The molecule has 3 nitrogen and oxygen atoms in total. The van der Waals surface area contributed by atoms with E-state index in [1.54, 1.807) is 25.1 Å². The highest BCUT2D eigenvalue weighted by Crippen LogP contribution is 2.16. The second kappa shape index (κ2) is 4.11. The zero-order valence-corrected chi connectivity index (χ0v) is 9.39. The lowest BCUT2D eigenvalue weighted by molar-refractivity contribution is 0.338. The van der Waals surface area contributed by atoms with Gasteiger partial charge in [0, 0.05) is 0 Å². The number of benzene rings is 1. The molecule has 0 saturated heterocycles. The molecule has 0 aliphatic rings. The Morgan fingerprint density at radius 1 is 1.21 bits per heavy atom. The van der Waals surface area contributed by atoms with Crippen molar-refractivity contribution in [2.45, 2.75) is 25.7 Å². The molecule has 0 spiro atoms. The Balaban J connectivity index is 3.15. The van der Waals surface area contributed by atoms with E-state index >= 15 is 0 Å². The van der Waals surface area contributed by atoms with Crippen molar-refractivity contribution >= 4 is 10.1 Å². The van der Waals surface area contributed by atoms with E-state index in [4.69, 9.17) is 0 Å². The van der Waals surface area contributed by atoms with Gasteiger partial charge in [-0.25, -0.2) is 0 Å². The van der Waals surface area contributed by atoms with Crippen LogP contribution in [-0.2, 0) is 14.3 Å². The fourth-order valence-electron chi connectivity index (χ4n) is 1.09. The van der Waals surface area contributed by atoms with Crippen LogP contribution in [0.1, 0.15) is 18.1 Å². The van der Waals surface area contributed by atoms with Gasteiger partial charge in [0.25, 0.3) is 10.1 Å². The molecule has 0 unspecified atom stereocenters. The van der Waals surface area contributed by atoms with Crippen LogP contribution in [0.5, 0.6) is 0 Å². The van der Waals surface area contributed by atoms with Crippen molar-refractivity contribution in [2.24, 2.45) is 0 Å². The molecule has 0 N–H and O–H groups in total. The minimum Gasteiger partial charge on any atom is -0.267 e. The molecule has 0 aliphatic carbocycles. The SMILES string of the molecule is CCOS(=O)(=O)c1ccc(C)c(C)c1. The molecule has 0 heterocycles. The van der Waals surface area contributed by atoms with Gasteiger partial charge in [0.05, 0.1) is 11.5 Å². The van der Waals surface area contributed by atoms with Crippen molar-refractivity contribution < 1.29 is 12.6 Å². The van der Waals surface area contributed by atoms with Crippen LogP contribution in [-0.4, -0.2) is 15.0 Å². The van der Waals surface area contributed by atoms with Crippen LogP contribution in [0.15, 0.2) is 23.1 Å². The first-order valence-corrected chi connectivity index (χ1v) is 5.85. The molecule has 1 rings (SSSR count). The molecule has 0 fully saturated rings. The van der Waals surface area contributed by atoms with Crippen LogP contribution in [0, 0.1) is 13.8 Å². The molecule has 14 heavy (non-hydrogen) atoms. The molecule has 1 aromatic rings. The predicted molar refractivity (Wildman–Crippen MR) is 54.7 cm³/mol. The Hall–Kier alpha value is -0.870. The highest BCUT2D eigenvalue weighted by molar-refractivity contribution is 7.86. The first-order valence-electron chi connectivity index (χ1n) is 4.44. The summed E-state index contributed by atoms with van der Waals surface area (Å²) in [5.41, 5.74) is 2.02. The molecule has 4 heteroatoms. The molecule has 0 aromatic heterocycles. The molecule has 78 valence electrons. The van der Waals surface area contributed by atoms with Gasteiger partial charge in [-0.1, -0.05) is 6.07 Å². The first-order chi connectivity index (χ1) is 6.47. The fraction of sp³-hybridized carbons (Fsp3) is 0.400. The van der Waals surface area contributed by atoms with E-state index in [1.807, 2.05) is 13.8 Å². The molecule has 0 aliphatic heterocycles. The lowest BCUT2D eigenvalue weighted by atomic mass is 10.1. The molecule has 1 aromatic carbocycles. The van der Waals surface area contributed by atoms with Crippen LogP contribution in [0.2, 0.25) is 0 Å². The molecule has 0 bridgehead atoms. The summed E-state index contributed by atoms with van der Waals surface area (Å²) in [4.78, 5) is 0.224. The van der Waals surface area contributed by atoms with Gasteiger partial charge in [-0.05, 0) is 44.0 Å². The standard InChI is InChI=1S/C10H14O3S/c1-4-13-14(11,12)10-6-5-8(2)9(3)7-10/h5-7H,4H2,1-3H3. The smallest absolute Gasteiger partial charge is 0.267 e. The average Bonchev–Trinajstić information content (AvgIpc) is 2.09. The second-order valence-electron chi connectivity index (χ2n) is 3.11. The lowest BCUT2D eigenvalue weighted by Crippen LogP contribution is -2.06. The summed E-state index contributed by atoms with van der Waals surface area (Å²) >= 11 is 0. The third-order valence-corrected chi connectivity index (χ3v) is 3.42. The van der Waals surface area contributed by atoms with E-state index in [9.17, 15) is 8.42 Å². The summed E-state index contributed by atoms with van der Waals surface area (Å²) in [5.74, 6) is 0. The van der Waals surface area contributed by atoms with E-state index < -0.39 is 10.1 Å². The molecular formula is C10H14O3S. The monoisotopic (exact) mass is 214 g/mol. The third-order valence-electron chi connectivity index (χ3n) is 2.04. The normalized spacial score (nSPS) is 11.6. The highest BCUT2D eigenvalue weighted by atomic mass is 32.2. The van der Waals surface area contributed by atoms with Gasteiger partial charge >= 0.3 is 0 Å². The third kappa shape index (κ3) is 2.33. The molecule has 0 radical (unpaired) electrons. The van der Waals surface area contributed by atoms with Crippen molar-refractivity contribution in [1.29, 1.82) is 0 Å². The molecular weight excluding hydrogens is 200 g/mol. The van der Waals surface area contributed by atoms with Crippen molar-refractivity contribution in [3.8, 4) is 0 Å². The van der Waals surface area contributed by atoms with Crippen molar-refractivity contribution in [3.63, 3.8) is 0 Å². The molecule has 0 saturated carbocycles. The largest absolute Gasteiger partial charge is 0.296 e. The minimum absolute atomic E-state index is 0.162. The van der Waals surface area contributed by atoms with Gasteiger partial charge in [-0.2, -0.15) is 8.42 Å². The minimum atomic E-state index is -3.55. The Morgan fingerprint density at radius 2 is 1.86 bits per heavy atom. The lowest BCUT2D eigenvalue weighted by Gasteiger charge is -2.05. The Morgan fingerprint density at radius 3 is 2.36 bits per heavy atom. The van der Waals surface area contributed by atoms with Crippen molar-refractivity contribution in [1.82, 2.24) is 0 Å². The van der Waals surface area contributed by atoms with Gasteiger partial charge in [-0.15, -0.1) is 0 Å². The van der Waals surface area contributed by atoms with Gasteiger partial charge in [0.15, 0.2) is 0 Å². The van der Waals surface area contributed by atoms with Crippen molar-refractivity contribution in [2.75, 3.05) is 6.61 Å². The Kier molecular flexibility index (Phi) is 3.29. The fourth-order valence-corrected chi connectivity index (χ4v) is 2.09. The first kappa shape index (κ1) is 11.2. The summed E-state index contributed by atoms with van der Waals surface area (Å²) in [6.07, 6.45) is 0. The summed E-state index contributed by atoms with van der Waals surface area (Å²) in [7, 11) is -3.55. The maximum atomic E-state index is 11.5. The number of hydrogen-bond acceptors (Lipinski definition) is 3. The number of rotatable bonds is 3. The van der Waals surface area contributed by atoms with E-state index in [0.717, 1.165) is 11.1 Å². The Bertz CT molecular complexity index is 421. The van der Waals surface area contributed by atoms with E-state index in [0.29, 0.717) is 0 Å². The second-order valence-corrected chi connectivity index (χ2v) is 4.72. The van der Waals surface area contributed by atoms with Crippen molar-refractivity contribution in [3.05, 3.63) is 29.3 Å². The maximum absolute atomic E-state index is 11.5. The van der Waals surface area contributed by atoms with Crippen LogP contribution in [0.4, 0.5) is 0 Å². The van der Waals surface area contributed by atoms with Crippen LogP contribution >= 0.6 is 0 Å². The Labute approximate surface area is 84.8 Å². The molecule has 0 amide bonds. The van der Waals surface area contributed by atoms with Gasteiger partial charge in [-0.3, -0.25) is 4.18 Å². The van der Waals surface area contributed by atoms with Crippen LogP contribution < -0.4 is 0 Å². The van der Waals surface area contributed by atoms with E-state index in [-0.39, 0.29) is 11.5 Å². The predicted octanol–water partition coefficient (Wildman–Crippen LogP) is 2.03. The summed E-state index contributed by atoms with van der Waals surface area (Å²) in [6, 6.07) is 4.97. The van der Waals surface area contributed by atoms with E-state index in [1.165, 1.54) is 0 Å². The highest BCUT2D eigenvalue weighted by Gasteiger charge is 2.14. The van der Waals surface area contributed by atoms with Crippen LogP contribution in [0.3, 0.4) is 0 Å².